The summed E-state index contributed by atoms with van der Waals surface area (Å²) in [6, 6.07) is 17.2. The maximum Gasteiger partial charge on any atom is 0.321 e. The Labute approximate surface area is 175 Å². The highest BCUT2D eigenvalue weighted by molar-refractivity contribution is 6.30. The van der Waals surface area contributed by atoms with Crippen LogP contribution in [0.2, 0.25) is 5.02 Å². The second-order valence-electron chi connectivity index (χ2n) is 7.22. The first-order chi connectivity index (χ1) is 14.2. The molecule has 0 bridgehead atoms. The molecule has 3 aromatic rings. The van der Waals surface area contributed by atoms with Gasteiger partial charge in [-0.25, -0.2) is 9.97 Å². The summed E-state index contributed by atoms with van der Waals surface area (Å²) >= 11 is 5.94. The number of hydrogen-bond acceptors (Lipinski definition) is 5. The monoisotopic (exact) mass is 407 g/mol. The van der Waals surface area contributed by atoms with E-state index in [1.807, 2.05) is 36.4 Å². The number of ketones is 1. The smallest absolute Gasteiger partial charge is 0.321 e. The summed E-state index contributed by atoms with van der Waals surface area (Å²) in [7, 11) is 0. The highest BCUT2D eigenvalue weighted by atomic mass is 35.5. The molecule has 2 aromatic carbocycles. The van der Waals surface area contributed by atoms with E-state index >= 15 is 0 Å². The second kappa shape index (κ2) is 9.16. The largest absolute Gasteiger partial charge is 0.424 e. The van der Waals surface area contributed by atoms with Gasteiger partial charge in [-0.15, -0.1) is 0 Å². The van der Waals surface area contributed by atoms with Crippen molar-refractivity contribution in [1.82, 2.24) is 14.9 Å². The number of Topliss-reactive ketones (excluding diaryl/α,β-unsaturated/α-hetero) is 1. The molecule has 1 saturated heterocycles. The molecule has 1 aromatic heterocycles. The molecule has 4 rings (SSSR count). The van der Waals surface area contributed by atoms with Gasteiger partial charge in [0, 0.05) is 42.0 Å². The fraction of sp³-hybridized carbons (Fsp3) is 0.261. The summed E-state index contributed by atoms with van der Waals surface area (Å²) in [6.45, 7) is 2.59. The zero-order valence-electron chi connectivity index (χ0n) is 16.0. The van der Waals surface area contributed by atoms with Crippen molar-refractivity contribution < 1.29 is 9.53 Å². The maximum absolute atomic E-state index is 12.8. The van der Waals surface area contributed by atoms with Gasteiger partial charge in [-0.2, -0.15) is 0 Å². The van der Waals surface area contributed by atoms with Crippen LogP contribution in [0.15, 0.2) is 67.0 Å². The predicted octanol–water partition coefficient (Wildman–Crippen LogP) is 5.02. The molecule has 29 heavy (non-hydrogen) atoms. The molecule has 1 fully saturated rings. The van der Waals surface area contributed by atoms with Crippen LogP contribution in [0.3, 0.4) is 0 Å². The van der Waals surface area contributed by atoms with Crippen LogP contribution in [0.1, 0.15) is 28.8 Å². The van der Waals surface area contributed by atoms with E-state index in [1.165, 1.54) is 5.56 Å². The molecule has 5 nitrogen and oxygen atoms in total. The molecule has 148 valence electrons. The second-order valence-corrected chi connectivity index (χ2v) is 7.66. The van der Waals surface area contributed by atoms with Gasteiger partial charge < -0.3 is 4.74 Å². The molecule has 0 N–H and O–H groups in total. The molecule has 0 amide bonds. The quantitative estimate of drug-likeness (QED) is 0.537. The number of rotatable bonds is 6. The average molecular weight is 408 g/mol. The number of carbonyl (C=O) groups is 1. The fourth-order valence-corrected chi connectivity index (χ4v) is 3.75. The van der Waals surface area contributed by atoms with E-state index in [0.29, 0.717) is 16.8 Å². The lowest BCUT2D eigenvalue weighted by Crippen LogP contribution is -2.38. The molecular weight excluding hydrogens is 386 g/mol. The van der Waals surface area contributed by atoms with Gasteiger partial charge in [0.05, 0.1) is 0 Å². The molecule has 0 aliphatic carbocycles. The van der Waals surface area contributed by atoms with Crippen molar-refractivity contribution in [1.29, 1.82) is 0 Å². The summed E-state index contributed by atoms with van der Waals surface area (Å²) in [5.74, 6) is 0.940. The van der Waals surface area contributed by atoms with Crippen LogP contribution < -0.4 is 4.74 Å². The van der Waals surface area contributed by atoms with Crippen molar-refractivity contribution in [3.05, 3.63) is 83.1 Å². The number of piperidine rings is 1. The summed E-state index contributed by atoms with van der Waals surface area (Å²) in [6.07, 6.45) is 5.25. The molecular formula is C23H22ClN3O2. The molecule has 0 spiro atoms. The number of aromatic nitrogens is 2. The molecule has 1 aliphatic heterocycles. The van der Waals surface area contributed by atoms with Crippen LogP contribution in [0.5, 0.6) is 11.8 Å². The molecule has 1 aliphatic rings. The highest BCUT2D eigenvalue weighted by Gasteiger charge is 2.26. The normalized spacial score (nSPS) is 17.1. The number of likely N-dealkylation sites (tertiary alicyclic amines) is 1. The highest BCUT2D eigenvalue weighted by Crippen LogP contribution is 2.24. The molecule has 6 heteroatoms. The van der Waals surface area contributed by atoms with Crippen LogP contribution in [-0.4, -0.2) is 33.7 Å². The standard InChI is InChI=1S/C23H22ClN3O2/c24-20-8-6-18(7-9-20)22(28)19-3-1-14-27(16-19)15-17-4-10-21(11-5-17)29-23-25-12-2-13-26-23/h2,4-13,19H,1,3,14-16H2/t19-/m0/s1. The third kappa shape index (κ3) is 5.19. The summed E-state index contributed by atoms with van der Waals surface area (Å²) in [4.78, 5) is 23.3. The van der Waals surface area contributed by atoms with E-state index in [0.717, 1.165) is 38.0 Å². The number of ether oxygens (including phenoxy) is 1. The molecule has 2 heterocycles. The van der Waals surface area contributed by atoms with Crippen LogP contribution in [0, 0.1) is 5.92 Å². The Kier molecular flexibility index (Phi) is 6.17. The Morgan fingerprint density at radius 2 is 1.79 bits per heavy atom. The van der Waals surface area contributed by atoms with Crippen LogP contribution in [-0.2, 0) is 6.54 Å². The lowest BCUT2D eigenvalue weighted by Gasteiger charge is -2.32. The fourth-order valence-electron chi connectivity index (χ4n) is 3.63. The van der Waals surface area contributed by atoms with E-state index in [9.17, 15) is 4.79 Å². The van der Waals surface area contributed by atoms with E-state index in [2.05, 4.69) is 14.9 Å². The van der Waals surface area contributed by atoms with Gasteiger partial charge in [-0.05, 0) is 67.4 Å². The third-order valence-electron chi connectivity index (χ3n) is 5.09. The minimum Gasteiger partial charge on any atom is -0.424 e. The third-order valence-corrected chi connectivity index (χ3v) is 5.34. The van der Waals surface area contributed by atoms with Crippen molar-refractivity contribution in [3.63, 3.8) is 0 Å². The molecule has 0 radical (unpaired) electrons. The Morgan fingerprint density at radius 3 is 2.52 bits per heavy atom. The number of carbonyl (C=O) groups excluding carboxylic acids is 1. The van der Waals surface area contributed by atoms with Gasteiger partial charge in [-0.3, -0.25) is 9.69 Å². The number of nitrogens with zero attached hydrogens (tertiary/aromatic N) is 3. The zero-order chi connectivity index (χ0) is 20.1. The van der Waals surface area contributed by atoms with E-state index < -0.39 is 0 Å². The molecule has 0 saturated carbocycles. The Balaban J connectivity index is 1.35. The number of hydrogen-bond donors (Lipinski definition) is 0. The topological polar surface area (TPSA) is 55.3 Å². The van der Waals surface area contributed by atoms with Gasteiger partial charge in [0.15, 0.2) is 5.78 Å². The first-order valence-electron chi connectivity index (χ1n) is 9.73. The van der Waals surface area contributed by atoms with Crippen LogP contribution in [0.25, 0.3) is 0 Å². The van der Waals surface area contributed by atoms with Crippen molar-refractivity contribution in [3.8, 4) is 11.8 Å². The minimum absolute atomic E-state index is 0.0303. The first-order valence-corrected chi connectivity index (χ1v) is 10.1. The maximum atomic E-state index is 12.8. The van der Waals surface area contributed by atoms with E-state index in [1.54, 1.807) is 30.6 Å². The SMILES string of the molecule is O=C(c1ccc(Cl)cc1)[C@H]1CCCN(Cc2ccc(Oc3ncccn3)cc2)C1. The van der Waals surface area contributed by atoms with Crippen molar-refractivity contribution >= 4 is 17.4 Å². The Morgan fingerprint density at radius 1 is 1.07 bits per heavy atom. The predicted molar refractivity (Wildman–Crippen MR) is 112 cm³/mol. The van der Waals surface area contributed by atoms with Crippen LogP contribution >= 0.6 is 11.6 Å². The summed E-state index contributed by atoms with van der Waals surface area (Å²) in [5, 5.41) is 0.651. The average Bonchev–Trinajstić information content (AvgIpc) is 2.76. The Hall–Kier alpha value is -2.76. The number of benzene rings is 2. The van der Waals surface area contributed by atoms with Crippen molar-refractivity contribution in [2.75, 3.05) is 13.1 Å². The minimum atomic E-state index is 0.0303. The van der Waals surface area contributed by atoms with Gasteiger partial charge in [-0.1, -0.05) is 23.7 Å². The van der Waals surface area contributed by atoms with Gasteiger partial charge in [0.2, 0.25) is 0 Å². The van der Waals surface area contributed by atoms with Crippen molar-refractivity contribution in [2.45, 2.75) is 19.4 Å². The van der Waals surface area contributed by atoms with Gasteiger partial charge >= 0.3 is 6.01 Å². The van der Waals surface area contributed by atoms with Gasteiger partial charge in [0.1, 0.15) is 5.75 Å². The lowest BCUT2D eigenvalue weighted by molar-refractivity contribution is 0.0811. The Bertz CT molecular complexity index is 946. The molecule has 0 unspecified atom stereocenters. The van der Waals surface area contributed by atoms with Crippen molar-refractivity contribution in [2.24, 2.45) is 5.92 Å². The lowest BCUT2D eigenvalue weighted by atomic mass is 9.90. The van der Waals surface area contributed by atoms with E-state index in [4.69, 9.17) is 16.3 Å². The van der Waals surface area contributed by atoms with Gasteiger partial charge in [0.25, 0.3) is 0 Å². The summed E-state index contributed by atoms with van der Waals surface area (Å²) < 4.78 is 5.64. The van der Waals surface area contributed by atoms with Crippen LogP contribution in [0.4, 0.5) is 0 Å². The summed E-state index contributed by atoms with van der Waals surface area (Å²) in [5.41, 5.74) is 1.93. The van der Waals surface area contributed by atoms with E-state index in [-0.39, 0.29) is 11.7 Å². The molecule has 1 atom stereocenters. The number of halogens is 1. The first kappa shape index (κ1) is 19.6. The zero-order valence-corrected chi connectivity index (χ0v) is 16.8.